The van der Waals surface area contributed by atoms with Gasteiger partial charge in [0.25, 0.3) is 0 Å². The molecule has 0 aromatic carbocycles. The van der Waals surface area contributed by atoms with E-state index in [1.54, 1.807) is 29.1 Å². The van der Waals surface area contributed by atoms with Crippen LogP contribution in [0.25, 0.3) is 0 Å². The topological polar surface area (TPSA) is 51.5 Å². The van der Waals surface area contributed by atoms with E-state index in [1.165, 1.54) is 0 Å². The summed E-state index contributed by atoms with van der Waals surface area (Å²) >= 11 is 0. The fraction of sp³-hybridized carbons (Fsp3) is 0.125. The largest absolute Gasteiger partial charge is 0.233 e. The number of rotatable bonds is 1. The lowest BCUT2D eigenvalue weighted by Crippen LogP contribution is -2.32. The van der Waals surface area contributed by atoms with Gasteiger partial charge in [0.05, 0.1) is 0 Å². The average Bonchev–Trinajstić information content (AvgIpc) is 2.06. The van der Waals surface area contributed by atoms with Crippen molar-refractivity contribution in [1.29, 1.82) is 10.5 Å². The van der Waals surface area contributed by atoms with Crippen LogP contribution in [0.2, 0.25) is 0 Å². The van der Waals surface area contributed by atoms with Crippen molar-refractivity contribution in [2.75, 3.05) is 0 Å². The van der Waals surface area contributed by atoms with Crippen LogP contribution in [0.5, 0.6) is 0 Å². The van der Waals surface area contributed by atoms with Crippen molar-refractivity contribution in [2.24, 2.45) is 0 Å². The molecular formula is C8H6N3+. The van der Waals surface area contributed by atoms with Crippen molar-refractivity contribution in [2.45, 2.75) is 6.54 Å². The molecule has 0 aliphatic heterocycles. The van der Waals surface area contributed by atoms with E-state index in [0.29, 0.717) is 5.56 Å². The van der Waals surface area contributed by atoms with Gasteiger partial charge in [0, 0.05) is 6.07 Å². The van der Waals surface area contributed by atoms with Crippen molar-refractivity contribution >= 4 is 0 Å². The van der Waals surface area contributed by atoms with Crippen LogP contribution in [-0.2, 0) is 6.54 Å². The minimum atomic E-state index is 0.287. The quantitative estimate of drug-likeness (QED) is 0.534. The third kappa shape index (κ3) is 1.77. The zero-order chi connectivity index (χ0) is 8.10. The number of pyridine rings is 1. The first-order valence-corrected chi connectivity index (χ1v) is 3.13. The van der Waals surface area contributed by atoms with Crippen molar-refractivity contribution in [3.05, 3.63) is 30.1 Å². The molecule has 11 heavy (non-hydrogen) atoms. The fourth-order valence-electron chi connectivity index (χ4n) is 0.768. The Labute approximate surface area is 64.7 Å². The monoisotopic (exact) mass is 144 g/mol. The van der Waals surface area contributed by atoms with Gasteiger partial charge in [-0.2, -0.15) is 15.1 Å². The lowest BCUT2D eigenvalue weighted by Gasteiger charge is -1.87. The van der Waals surface area contributed by atoms with Crippen LogP contribution in [0.15, 0.2) is 24.5 Å². The second kappa shape index (κ2) is 3.34. The summed E-state index contributed by atoms with van der Waals surface area (Å²) in [7, 11) is 0. The zero-order valence-electron chi connectivity index (χ0n) is 5.86. The zero-order valence-corrected chi connectivity index (χ0v) is 5.86. The Morgan fingerprint density at radius 2 is 2.27 bits per heavy atom. The Bertz CT molecular complexity index is 330. The first-order chi connectivity index (χ1) is 5.36. The highest BCUT2D eigenvalue weighted by molar-refractivity contribution is 5.21. The number of nitriles is 2. The Balaban J connectivity index is 2.96. The summed E-state index contributed by atoms with van der Waals surface area (Å²) < 4.78 is 1.67. The Morgan fingerprint density at radius 3 is 2.91 bits per heavy atom. The van der Waals surface area contributed by atoms with E-state index in [9.17, 15) is 0 Å². The molecule has 3 nitrogen and oxygen atoms in total. The lowest BCUT2D eigenvalue weighted by atomic mass is 10.3. The summed E-state index contributed by atoms with van der Waals surface area (Å²) in [6.45, 7) is 0.287. The van der Waals surface area contributed by atoms with Crippen molar-refractivity contribution in [1.82, 2.24) is 0 Å². The Hall–Kier alpha value is -1.87. The van der Waals surface area contributed by atoms with Crippen molar-refractivity contribution in [3.8, 4) is 12.1 Å². The summed E-state index contributed by atoms with van der Waals surface area (Å²) in [6, 6.07) is 7.43. The maximum atomic E-state index is 8.48. The van der Waals surface area contributed by atoms with Gasteiger partial charge in [-0.3, -0.25) is 0 Å². The van der Waals surface area contributed by atoms with Gasteiger partial charge in [0.1, 0.15) is 17.7 Å². The molecule has 0 radical (unpaired) electrons. The van der Waals surface area contributed by atoms with E-state index in [1.807, 2.05) is 12.1 Å². The second-order valence-electron chi connectivity index (χ2n) is 2.03. The van der Waals surface area contributed by atoms with Gasteiger partial charge in [-0.15, -0.1) is 0 Å². The van der Waals surface area contributed by atoms with Gasteiger partial charge in [0.15, 0.2) is 12.4 Å². The molecule has 0 aliphatic rings. The molecule has 0 fully saturated rings. The van der Waals surface area contributed by atoms with Gasteiger partial charge in [0.2, 0.25) is 6.54 Å². The van der Waals surface area contributed by atoms with Gasteiger partial charge >= 0.3 is 0 Å². The number of hydrogen-bond donors (Lipinski definition) is 0. The molecule has 1 rings (SSSR count). The van der Waals surface area contributed by atoms with Crippen LogP contribution in [0.4, 0.5) is 0 Å². The van der Waals surface area contributed by atoms with E-state index < -0.39 is 0 Å². The maximum absolute atomic E-state index is 8.48. The molecule has 1 heterocycles. The molecule has 0 unspecified atom stereocenters. The van der Waals surface area contributed by atoms with Crippen molar-refractivity contribution in [3.63, 3.8) is 0 Å². The number of nitrogens with zero attached hydrogens (tertiary/aromatic N) is 3. The highest BCUT2D eigenvalue weighted by Crippen LogP contribution is 1.89. The SMILES string of the molecule is N#CC[n+]1cccc(C#N)c1. The van der Waals surface area contributed by atoms with Gasteiger partial charge < -0.3 is 0 Å². The highest BCUT2D eigenvalue weighted by atomic mass is 14.9. The molecule has 0 saturated carbocycles. The summed E-state index contributed by atoms with van der Waals surface area (Å²) in [5.74, 6) is 0. The third-order valence-electron chi connectivity index (χ3n) is 1.24. The maximum Gasteiger partial charge on any atom is 0.233 e. The summed E-state index contributed by atoms with van der Waals surface area (Å²) in [6.07, 6.45) is 3.40. The molecule has 0 amide bonds. The first-order valence-electron chi connectivity index (χ1n) is 3.13. The normalized spacial score (nSPS) is 8.18. The van der Waals surface area contributed by atoms with Crippen LogP contribution >= 0.6 is 0 Å². The summed E-state index contributed by atoms with van der Waals surface area (Å²) in [5.41, 5.74) is 0.572. The van der Waals surface area contributed by atoms with Gasteiger partial charge in [-0.05, 0) is 6.07 Å². The van der Waals surface area contributed by atoms with Gasteiger partial charge in [-0.25, -0.2) is 0 Å². The van der Waals surface area contributed by atoms with E-state index in [0.717, 1.165) is 0 Å². The summed E-state index contributed by atoms with van der Waals surface area (Å²) in [5, 5.41) is 16.8. The minimum absolute atomic E-state index is 0.287. The molecular weight excluding hydrogens is 138 g/mol. The van der Waals surface area contributed by atoms with Crippen LogP contribution in [0, 0.1) is 22.7 Å². The van der Waals surface area contributed by atoms with E-state index in [4.69, 9.17) is 10.5 Å². The number of aromatic nitrogens is 1. The van der Waals surface area contributed by atoms with E-state index in [-0.39, 0.29) is 6.54 Å². The average molecular weight is 144 g/mol. The Morgan fingerprint density at radius 1 is 1.45 bits per heavy atom. The predicted molar refractivity (Wildman–Crippen MR) is 37.0 cm³/mol. The number of hydrogen-bond acceptors (Lipinski definition) is 2. The van der Waals surface area contributed by atoms with Gasteiger partial charge in [-0.1, -0.05) is 0 Å². The molecule has 0 saturated heterocycles. The highest BCUT2D eigenvalue weighted by Gasteiger charge is 1.98. The molecule has 3 heteroatoms. The van der Waals surface area contributed by atoms with Crippen LogP contribution in [0.3, 0.4) is 0 Å². The fourth-order valence-corrected chi connectivity index (χ4v) is 0.768. The third-order valence-corrected chi connectivity index (χ3v) is 1.24. The second-order valence-corrected chi connectivity index (χ2v) is 2.03. The summed E-state index contributed by atoms with van der Waals surface area (Å²) in [4.78, 5) is 0. The molecule has 52 valence electrons. The first kappa shape index (κ1) is 7.24. The van der Waals surface area contributed by atoms with Crippen LogP contribution < -0.4 is 4.57 Å². The lowest BCUT2D eigenvalue weighted by molar-refractivity contribution is -0.685. The molecule has 1 aromatic heterocycles. The van der Waals surface area contributed by atoms with Crippen LogP contribution in [-0.4, -0.2) is 0 Å². The molecule has 0 aliphatic carbocycles. The predicted octanol–water partition coefficient (Wildman–Crippen LogP) is 0.369. The van der Waals surface area contributed by atoms with E-state index in [2.05, 4.69) is 0 Å². The minimum Gasteiger partial charge on any atom is -0.192 e. The molecule has 0 atom stereocenters. The van der Waals surface area contributed by atoms with E-state index >= 15 is 0 Å². The molecule has 0 N–H and O–H groups in total. The smallest absolute Gasteiger partial charge is 0.192 e. The molecule has 0 bridgehead atoms. The van der Waals surface area contributed by atoms with Crippen molar-refractivity contribution < 1.29 is 4.57 Å². The van der Waals surface area contributed by atoms with Crippen LogP contribution in [0.1, 0.15) is 5.56 Å². The Kier molecular flexibility index (Phi) is 2.20. The molecule has 1 aromatic rings. The standard InChI is InChI=1S/C8H6N3/c9-3-5-11-4-1-2-8(6-10)7-11/h1-2,4,7H,5H2/q+1. The molecule has 0 spiro atoms.